The number of primary amides is 1. The Morgan fingerprint density at radius 2 is 1.38 bits per heavy atom. The predicted molar refractivity (Wildman–Crippen MR) is 105 cm³/mol. The highest BCUT2D eigenvalue weighted by molar-refractivity contribution is 7.80. The van der Waals surface area contributed by atoms with E-state index < -0.39 is 19.8 Å². The van der Waals surface area contributed by atoms with Crippen LogP contribution in [0.25, 0.3) is 0 Å². The van der Waals surface area contributed by atoms with Crippen LogP contribution in [-0.4, -0.2) is 19.0 Å². The van der Waals surface area contributed by atoms with Crippen molar-refractivity contribution >= 4 is 35.7 Å². The molecule has 0 saturated heterocycles. The van der Waals surface area contributed by atoms with Gasteiger partial charge in [-0.2, -0.15) is 0 Å². The molecule has 0 spiro atoms. The van der Waals surface area contributed by atoms with E-state index in [-0.39, 0.29) is 0 Å². The lowest BCUT2D eigenvalue weighted by atomic mass is 10.1. The molecule has 0 atom stereocenters. The maximum Gasteiger partial charge on any atom is 0.338 e. The first-order valence-corrected chi connectivity index (χ1v) is 9.38. The van der Waals surface area contributed by atoms with Crippen LogP contribution in [0.1, 0.15) is 20.7 Å². The van der Waals surface area contributed by atoms with E-state index in [2.05, 4.69) is 0 Å². The maximum atomic E-state index is 12.4. The Labute approximate surface area is 153 Å². The summed E-state index contributed by atoms with van der Waals surface area (Å²) in [5.41, 5.74) is 6.28. The van der Waals surface area contributed by atoms with Gasteiger partial charge in [-0.25, -0.2) is 4.79 Å². The Morgan fingerprint density at radius 1 is 0.846 bits per heavy atom. The second-order valence-corrected chi connectivity index (χ2v) is 7.78. The Hall–Kier alpha value is -2.97. The molecular weight excluding hydrogens is 345 g/mol. The average molecular weight is 363 g/mol. The van der Waals surface area contributed by atoms with E-state index in [0.29, 0.717) is 11.1 Å². The van der Waals surface area contributed by atoms with Gasteiger partial charge >= 0.3 is 5.97 Å². The van der Waals surface area contributed by atoms with Crippen molar-refractivity contribution in [1.82, 2.24) is 0 Å². The second kappa shape index (κ2) is 7.94. The first kappa shape index (κ1) is 17.8. The van der Waals surface area contributed by atoms with Crippen molar-refractivity contribution in [2.24, 2.45) is 5.73 Å². The van der Waals surface area contributed by atoms with Crippen molar-refractivity contribution in [1.29, 1.82) is 0 Å². The lowest BCUT2D eigenvalue weighted by Gasteiger charge is -2.22. The smallest absolute Gasteiger partial charge is 0.338 e. The van der Waals surface area contributed by atoms with Gasteiger partial charge in [-0.15, -0.1) is 0 Å². The number of carbonyl (C=O) groups is 2. The van der Waals surface area contributed by atoms with Gasteiger partial charge in [0.15, 0.2) is 0 Å². The van der Waals surface area contributed by atoms with E-state index in [9.17, 15) is 9.59 Å². The highest BCUT2D eigenvalue weighted by atomic mass is 31.1. The lowest BCUT2D eigenvalue weighted by molar-refractivity contribution is 0.0602. The van der Waals surface area contributed by atoms with Gasteiger partial charge in [0.05, 0.1) is 12.7 Å². The van der Waals surface area contributed by atoms with E-state index in [1.54, 1.807) is 18.2 Å². The van der Waals surface area contributed by atoms with Crippen LogP contribution in [0.4, 0.5) is 0 Å². The molecule has 5 heteroatoms. The van der Waals surface area contributed by atoms with Gasteiger partial charge in [0.2, 0.25) is 5.91 Å². The van der Waals surface area contributed by atoms with E-state index in [1.165, 1.54) is 7.11 Å². The maximum absolute atomic E-state index is 12.4. The molecule has 0 heterocycles. The predicted octanol–water partition coefficient (Wildman–Crippen LogP) is 2.33. The summed E-state index contributed by atoms with van der Waals surface area (Å²) in [6.07, 6.45) is 0. The highest BCUT2D eigenvalue weighted by Gasteiger charge is 2.24. The topological polar surface area (TPSA) is 69.4 Å². The molecule has 0 aliphatic carbocycles. The SMILES string of the molecule is COC(=O)c1ccc(C(N)=O)cc1P(c1ccccc1)c1ccccc1. The summed E-state index contributed by atoms with van der Waals surface area (Å²) in [7, 11) is 0.294. The van der Waals surface area contributed by atoms with Crippen LogP contribution < -0.4 is 21.6 Å². The van der Waals surface area contributed by atoms with Gasteiger partial charge < -0.3 is 10.5 Å². The van der Waals surface area contributed by atoms with Crippen LogP contribution in [0.15, 0.2) is 78.9 Å². The van der Waals surface area contributed by atoms with E-state index in [1.807, 2.05) is 60.7 Å². The lowest BCUT2D eigenvalue weighted by Crippen LogP contribution is -2.27. The fourth-order valence-electron chi connectivity index (χ4n) is 2.73. The number of rotatable bonds is 5. The summed E-state index contributed by atoms with van der Waals surface area (Å²) in [6.45, 7) is 0. The van der Waals surface area contributed by atoms with Gasteiger partial charge in [-0.1, -0.05) is 60.7 Å². The minimum atomic E-state index is -1.05. The van der Waals surface area contributed by atoms with Crippen LogP contribution in [0.5, 0.6) is 0 Å². The molecule has 0 unspecified atom stereocenters. The van der Waals surface area contributed by atoms with E-state index >= 15 is 0 Å². The van der Waals surface area contributed by atoms with Crippen LogP contribution >= 0.6 is 7.92 Å². The Balaban J connectivity index is 2.28. The summed E-state index contributed by atoms with van der Waals surface area (Å²) < 4.78 is 4.95. The normalized spacial score (nSPS) is 10.5. The zero-order valence-electron chi connectivity index (χ0n) is 14.3. The molecule has 0 saturated carbocycles. The molecule has 3 rings (SSSR count). The van der Waals surface area contributed by atoms with Crippen molar-refractivity contribution in [2.75, 3.05) is 7.11 Å². The molecule has 4 nitrogen and oxygen atoms in total. The Bertz CT molecular complexity index is 887. The number of methoxy groups -OCH3 is 1. The molecule has 130 valence electrons. The van der Waals surface area contributed by atoms with Crippen LogP contribution in [-0.2, 0) is 4.74 Å². The zero-order valence-corrected chi connectivity index (χ0v) is 15.1. The molecule has 0 fully saturated rings. The van der Waals surface area contributed by atoms with E-state index in [0.717, 1.165) is 15.9 Å². The van der Waals surface area contributed by atoms with Gasteiger partial charge in [0.1, 0.15) is 0 Å². The van der Waals surface area contributed by atoms with Gasteiger partial charge in [0.25, 0.3) is 0 Å². The minimum absolute atomic E-state index is 0.368. The van der Waals surface area contributed by atoms with Crippen molar-refractivity contribution in [3.63, 3.8) is 0 Å². The molecule has 2 N–H and O–H groups in total. The van der Waals surface area contributed by atoms with Crippen molar-refractivity contribution in [2.45, 2.75) is 0 Å². The Kier molecular flexibility index (Phi) is 5.45. The summed E-state index contributed by atoms with van der Waals surface area (Å²) in [5, 5.41) is 2.89. The molecule has 3 aromatic rings. The number of hydrogen-bond acceptors (Lipinski definition) is 3. The summed E-state index contributed by atoms with van der Waals surface area (Å²) >= 11 is 0. The first-order valence-electron chi connectivity index (χ1n) is 8.04. The minimum Gasteiger partial charge on any atom is -0.465 e. The molecule has 0 aromatic heterocycles. The monoisotopic (exact) mass is 363 g/mol. The molecule has 1 amide bonds. The first-order chi connectivity index (χ1) is 12.6. The molecule has 0 aliphatic heterocycles. The second-order valence-electron chi connectivity index (χ2n) is 5.59. The van der Waals surface area contributed by atoms with Gasteiger partial charge in [0, 0.05) is 10.9 Å². The van der Waals surface area contributed by atoms with Gasteiger partial charge in [-0.05, 0) is 36.7 Å². The fourth-order valence-corrected chi connectivity index (χ4v) is 5.20. The third kappa shape index (κ3) is 3.66. The Morgan fingerprint density at radius 3 is 1.85 bits per heavy atom. The highest BCUT2D eigenvalue weighted by Crippen LogP contribution is 2.34. The number of carbonyl (C=O) groups excluding carboxylic acids is 2. The number of esters is 1. The summed E-state index contributed by atoms with van der Waals surface area (Å²) in [4.78, 5) is 24.1. The van der Waals surface area contributed by atoms with Crippen LogP contribution in [0.2, 0.25) is 0 Å². The molecular formula is C21H18NO3P. The standard InChI is InChI=1S/C21H18NO3P/c1-25-21(24)18-13-12-15(20(22)23)14-19(18)26(16-8-4-2-5-9-16)17-10-6-3-7-11-17/h2-14H,1H3,(H2,22,23). The number of hydrogen-bond donors (Lipinski definition) is 1. The summed E-state index contributed by atoms with van der Waals surface area (Å²) in [6, 6.07) is 24.7. The van der Waals surface area contributed by atoms with E-state index in [4.69, 9.17) is 10.5 Å². The molecule has 0 radical (unpaired) electrons. The van der Waals surface area contributed by atoms with Crippen LogP contribution in [0.3, 0.4) is 0 Å². The van der Waals surface area contributed by atoms with Gasteiger partial charge in [-0.3, -0.25) is 4.79 Å². The average Bonchev–Trinajstić information content (AvgIpc) is 2.69. The third-order valence-electron chi connectivity index (χ3n) is 3.96. The molecule has 26 heavy (non-hydrogen) atoms. The molecule has 0 aliphatic rings. The van der Waals surface area contributed by atoms with Crippen molar-refractivity contribution in [3.05, 3.63) is 90.0 Å². The largest absolute Gasteiger partial charge is 0.465 e. The summed E-state index contributed by atoms with van der Waals surface area (Å²) in [5.74, 6) is -0.964. The number of amides is 1. The fraction of sp³-hybridized carbons (Fsp3) is 0.0476. The third-order valence-corrected chi connectivity index (χ3v) is 6.44. The van der Waals surface area contributed by atoms with Crippen molar-refractivity contribution < 1.29 is 14.3 Å². The molecule has 3 aromatic carbocycles. The zero-order chi connectivity index (χ0) is 18.5. The van der Waals surface area contributed by atoms with Crippen molar-refractivity contribution in [3.8, 4) is 0 Å². The number of ether oxygens (including phenoxy) is 1. The number of nitrogens with two attached hydrogens (primary N) is 1. The van der Waals surface area contributed by atoms with Crippen LogP contribution in [0, 0.1) is 0 Å². The quantitative estimate of drug-likeness (QED) is 0.559. The number of benzene rings is 3. The molecule has 0 bridgehead atoms.